The summed E-state index contributed by atoms with van der Waals surface area (Å²) in [7, 11) is 0. The number of thiocarbonyl (C=S) groups is 1. The van der Waals surface area contributed by atoms with Gasteiger partial charge in [-0.25, -0.2) is 0 Å². The molecule has 0 spiro atoms. The molecule has 0 amide bonds. The molecule has 0 saturated carbocycles. The third kappa shape index (κ3) is 4.74. The summed E-state index contributed by atoms with van der Waals surface area (Å²) in [5.74, 6) is 0.781. The third-order valence-corrected chi connectivity index (χ3v) is 1.85. The van der Waals surface area contributed by atoms with E-state index in [1.165, 1.54) is 6.42 Å². The van der Waals surface area contributed by atoms with E-state index in [2.05, 4.69) is 25.7 Å². The molecule has 0 saturated heterocycles. The highest BCUT2D eigenvalue weighted by atomic mass is 32.1. The first-order chi connectivity index (χ1) is 4.70. The van der Waals surface area contributed by atoms with Crippen molar-refractivity contribution in [1.29, 1.82) is 0 Å². The quantitative estimate of drug-likeness (QED) is 0.566. The van der Waals surface area contributed by atoms with Crippen molar-refractivity contribution in [3.05, 3.63) is 0 Å². The van der Waals surface area contributed by atoms with E-state index in [1.54, 1.807) is 5.49 Å². The normalized spacial score (nSPS) is 10.0. The van der Waals surface area contributed by atoms with Gasteiger partial charge in [-0.15, -0.1) is 0 Å². The second-order valence-corrected chi connectivity index (χ2v) is 3.13. The van der Waals surface area contributed by atoms with Gasteiger partial charge in [-0.1, -0.05) is 26.1 Å². The Bertz CT molecular complexity index is 91.3. The molecule has 0 fully saturated rings. The average molecular weight is 159 g/mol. The van der Waals surface area contributed by atoms with Crippen LogP contribution in [0.25, 0.3) is 0 Å². The van der Waals surface area contributed by atoms with E-state index >= 15 is 0 Å². The van der Waals surface area contributed by atoms with Crippen LogP contribution < -0.4 is 0 Å². The minimum Gasteiger partial charge on any atom is -0.369 e. The van der Waals surface area contributed by atoms with Crippen molar-refractivity contribution in [2.75, 3.05) is 13.1 Å². The smallest absolute Gasteiger partial charge is 0.0640 e. The average Bonchev–Trinajstić information content (AvgIpc) is 1.90. The lowest BCUT2D eigenvalue weighted by Gasteiger charge is -2.17. The molecule has 0 rings (SSSR count). The predicted molar refractivity (Wildman–Crippen MR) is 50.4 cm³/mol. The molecule has 0 aromatic rings. The summed E-state index contributed by atoms with van der Waals surface area (Å²) < 4.78 is 0. The topological polar surface area (TPSA) is 3.24 Å². The molecule has 0 aliphatic carbocycles. The van der Waals surface area contributed by atoms with Crippen molar-refractivity contribution >= 4 is 17.7 Å². The number of hydrogen-bond donors (Lipinski definition) is 0. The second kappa shape index (κ2) is 5.66. The summed E-state index contributed by atoms with van der Waals surface area (Å²) in [4.78, 5) is 2.16. The highest BCUT2D eigenvalue weighted by Gasteiger charge is 1.97. The zero-order chi connectivity index (χ0) is 7.98. The molecular weight excluding hydrogens is 142 g/mol. The molecule has 0 aliphatic rings. The molecule has 60 valence electrons. The Kier molecular flexibility index (Phi) is 5.60. The van der Waals surface area contributed by atoms with Gasteiger partial charge in [-0.3, -0.25) is 0 Å². The van der Waals surface area contributed by atoms with Crippen LogP contribution in [0.5, 0.6) is 0 Å². The molecule has 1 nitrogen and oxygen atoms in total. The van der Waals surface area contributed by atoms with Gasteiger partial charge in [-0.2, -0.15) is 0 Å². The van der Waals surface area contributed by atoms with Crippen molar-refractivity contribution in [1.82, 2.24) is 4.90 Å². The first-order valence-corrected chi connectivity index (χ1v) is 4.37. The van der Waals surface area contributed by atoms with E-state index in [1.807, 2.05) is 0 Å². The standard InChI is InChI=1S/C8H17NS/c1-4-9(7-10)6-5-8(2)3/h7-8H,4-6H2,1-3H3. The molecule has 0 aromatic carbocycles. The van der Waals surface area contributed by atoms with Crippen LogP contribution in [0.1, 0.15) is 27.2 Å². The molecule has 2 heteroatoms. The minimum atomic E-state index is 0.781. The van der Waals surface area contributed by atoms with Gasteiger partial charge in [0, 0.05) is 13.1 Å². The van der Waals surface area contributed by atoms with E-state index in [9.17, 15) is 0 Å². The Morgan fingerprint density at radius 1 is 1.50 bits per heavy atom. The molecule has 0 radical (unpaired) electrons. The van der Waals surface area contributed by atoms with Crippen LogP contribution in [0.3, 0.4) is 0 Å². The minimum absolute atomic E-state index is 0.781. The first-order valence-electron chi connectivity index (χ1n) is 3.90. The fourth-order valence-electron chi connectivity index (χ4n) is 0.709. The largest absolute Gasteiger partial charge is 0.369 e. The van der Waals surface area contributed by atoms with Gasteiger partial charge in [-0.05, 0) is 19.3 Å². The van der Waals surface area contributed by atoms with Gasteiger partial charge in [0.2, 0.25) is 0 Å². The van der Waals surface area contributed by atoms with Crippen LogP contribution in [0.15, 0.2) is 0 Å². The first kappa shape index (κ1) is 9.89. The summed E-state index contributed by atoms with van der Waals surface area (Å²) in [5.41, 5.74) is 1.75. The number of nitrogens with zero attached hydrogens (tertiary/aromatic N) is 1. The molecule has 0 aliphatic heterocycles. The Balaban J connectivity index is 3.34. The zero-order valence-electron chi connectivity index (χ0n) is 7.13. The van der Waals surface area contributed by atoms with Crippen molar-refractivity contribution in [3.63, 3.8) is 0 Å². The molecular formula is C8H17NS. The van der Waals surface area contributed by atoms with Gasteiger partial charge in [0.1, 0.15) is 0 Å². The second-order valence-electron chi connectivity index (χ2n) is 2.92. The van der Waals surface area contributed by atoms with E-state index in [-0.39, 0.29) is 0 Å². The Labute approximate surface area is 69.4 Å². The molecule has 0 N–H and O–H groups in total. The highest BCUT2D eigenvalue weighted by Crippen LogP contribution is 2.00. The summed E-state index contributed by atoms with van der Waals surface area (Å²) in [5, 5.41) is 0. The van der Waals surface area contributed by atoms with E-state index in [0.29, 0.717) is 0 Å². The number of hydrogen-bond acceptors (Lipinski definition) is 1. The SMILES string of the molecule is CCN(C=S)CCC(C)C. The molecule has 0 unspecified atom stereocenters. The Morgan fingerprint density at radius 2 is 2.10 bits per heavy atom. The van der Waals surface area contributed by atoms with Crippen molar-refractivity contribution in [2.45, 2.75) is 27.2 Å². The van der Waals surface area contributed by atoms with Crippen LogP contribution in [-0.4, -0.2) is 23.5 Å². The highest BCUT2D eigenvalue weighted by molar-refractivity contribution is 7.78. The molecule has 0 atom stereocenters. The fourth-order valence-corrected chi connectivity index (χ4v) is 0.964. The lowest BCUT2D eigenvalue weighted by Crippen LogP contribution is -2.22. The van der Waals surface area contributed by atoms with Crippen LogP contribution in [0.2, 0.25) is 0 Å². The maximum atomic E-state index is 4.83. The molecule has 0 heterocycles. The van der Waals surface area contributed by atoms with Crippen LogP contribution in [0, 0.1) is 5.92 Å². The Hall–Kier alpha value is -0.110. The van der Waals surface area contributed by atoms with Crippen LogP contribution in [0.4, 0.5) is 0 Å². The van der Waals surface area contributed by atoms with Crippen molar-refractivity contribution in [2.24, 2.45) is 5.92 Å². The van der Waals surface area contributed by atoms with Gasteiger partial charge < -0.3 is 4.90 Å². The van der Waals surface area contributed by atoms with Gasteiger partial charge in [0.15, 0.2) is 0 Å². The lowest BCUT2D eigenvalue weighted by molar-refractivity contribution is 0.409. The zero-order valence-corrected chi connectivity index (χ0v) is 7.95. The summed E-state index contributed by atoms with van der Waals surface area (Å²) >= 11 is 4.83. The van der Waals surface area contributed by atoms with Gasteiger partial charge in [0.05, 0.1) is 5.49 Å². The van der Waals surface area contributed by atoms with Crippen LogP contribution >= 0.6 is 12.2 Å². The van der Waals surface area contributed by atoms with E-state index in [0.717, 1.165) is 19.0 Å². The third-order valence-electron chi connectivity index (χ3n) is 1.55. The fraction of sp³-hybridized carbons (Fsp3) is 0.875. The van der Waals surface area contributed by atoms with Crippen LogP contribution in [-0.2, 0) is 0 Å². The maximum absolute atomic E-state index is 4.83. The van der Waals surface area contributed by atoms with Crippen molar-refractivity contribution in [3.8, 4) is 0 Å². The van der Waals surface area contributed by atoms with Gasteiger partial charge >= 0.3 is 0 Å². The van der Waals surface area contributed by atoms with Gasteiger partial charge in [0.25, 0.3) is 0 Å². The molecule has 0 aromatic heterocycles. The van der Waals surface area contributed by atoms with Crippen molar-refractivity contribution < 1.29 is 0 Å². The van der Waals surface area contributed by atoms with E-state index in [4.69, 9.17) is 12.2 Å². The monoisotopic (exact) mass is 159 g/mol. The lowest BCUT2D eigenvalue weighted by atomic mass is 10.1. The Morgan fingerprint density at radius 3 is 2.40 bits per heavy atom. The van der Waals surface area contributed by atoms with E-state index < -0.39 is 0 Å². The molecule has 0 bridgehead atoms. The maximum Gasteiger partial charge on any atom is 0.0640 e. The number of rotatable bonds is 5. The summed E-state index contributed by atoms with van der Waals surface area (Å²) in [6.07, 6.45) is 1.24. The summed E-state index contributed by atoms with van der Waals surface area (Å²) in [6.45, 7) is 8.74. The summed E-state index contributed by atoms with van der Waals surface area (Å²) in [6, 6.07) is 0. The molecule has 10 heavy (non-hydrogen) atoms. The predicted octanol–water partition coefficient (Wildman–Crippen LogP) is 2.31.